The van der Waals surface area contributed by atoms with Gasteiger partial charge in [-0.05, 0) is 49.3 Å². The number of fused-ring (bicyclic) bond motifs is 1. The van der Waals surface area contributed by atoms with Crippen LogP contribution in [-0.4, -0.2) is 5.97 Å². The van der Waals surface area contributed by atoms with Crippen molar-refractivity contribution in [3.63, 3.8) is 0 Å². The first kappa shape index (κ1) is 12.1. The van der Waals surface area contributed by atoms with E-state index in [1.807, 2.05) is 0 Å². The highest BCUT2D eigenvalue weighted by Crippen LogP contribution is 2.24. The second-order valence-electron chi connectivity index (χ2n) is 4.84. The maximum atomic E-state index is 10.4. The second kappa shape index (κ2) is 5.32. The van der Waals surface area contributed by atoms with E-state index in [4.69, 9.17) is 0 Å². The number of quaternary nitrogens is 1. The van der Waals surface area contributed by atoms with Gasteiger partial charge in [0.05, 0.1) is 0 Å². The van der Waals surface area contributed by atoms with Crippen LogP contribution in [0, 0.1) is 0 Å². The molecule has 0 amide bonds. The third kappa shape index (κ3) is 3.07. The maximum Gasteiger partial charge on any atom is 0.110 e. The van der Waals surface area contributed by atoms with Crippen LogP contribution in [0.4, 0.5) is 0 Å². The molecule has 0 heterocycles. The average Bonchev–Trinajstić information content (AvgIpc) is 2.35. The van der Waals surface area contributed by atoms with Crippen molar-refractivity contribution in [1.82, 2.24) is 0 Å². The topological polar surface area (TPSA) is 67.8 Å². The lowest BCUT2D eigenvalue weighted by molar-refractivity contribution is -0.428. The van der Waals surface area contributed by atoms with Crippen LogP contribution in [0.2, 0.25) is 0 Å². The van der Waals surface area contributed by atoms with Crippen molar-refractivity contribution < 1.29 is 15.6 Å². The number of rotatable bonds is 4. The zero-order chi connectivity index (χ0) is 12.3. The van der Waals surface area contributed by atoms with Crippen molar-refractivity contribution in [2.45, 2.75) is 44.6 Å². The van der Waals surface area contributed by atoms with Gasteiger partial charge < -0.3 is 15.6 Å². The Bertz CT molecular complexity index is 415. The minimum absolute atomic E-state index is 0.0557. The fourth-order valence-electron chi connectivity index (χ4n) is 2.47. The number of hydrogen-bond donors (Lipinski definition) is 1. The highest BCUT2D eigenvalue weighted by molar-refractivity contribution is 5.64. The van der Waals surface area contributed by atoms with E-state index in [0.717, 1.165) is 12.0 Å². The number of carboxylic acids is 1. The van der Waals surface area contributed by atoms with Gasteiger partial charge in [0.1, 0.15) is 6.04 Å². The van der Waals surface area contributed by atoms with Crippen molar-refractivity contribution in [3.8, 4) is 0 Å². The average molecular weight is 233 g/mol. The van der Waals surface area contributed by atoms with Gasteiger partial charge in [-0.25, -0.2) is 0 Å². The van der Waals surface area contributed by atoms with Crippen LogP contribution in [0.15, 0.2) is 18.2 Å². The van der Waals surface area contributed by atoms with Crippen molar-refractivity contribution in [1.29, 1.82) is 0 Å². The molecule has 3 N–H and O–H groups in total. The molecular weight excluding hydrogens is 214 g/mol. The molecule has 1 aliphatic carbocycles. The summed E-state index contributed by atoms with van der Waals surface area (Å²) in [5.41, 5.74) is 8.07. The first-order chi connectivity index (χ1) is 8.16. The standard InChI is InChI=1S/C14H19NO2/c15-13(7-8-14(16)17)12-6-5-10-3-1-2-4-11(10)9-12/h5-6,9,13H,1-4,7-8,15H2,(H,16,17)/t13-/m1/s1. The molecule has 92 valence electrons. The monoisotopic (exact) mass is 233 g/mol. The van der Waals surface area contributed by atoms with Crippen molar-refractivity contribution in [2.75, 3.05) is 0 Å². The molecule has 1 aromatic rings. The Kier molecular flexibility index (Phi) is 3.79. The van der Waals surface area contributed by atoms with Crippen LogP contribution in [-0.2, 0) is 17.6 Å². The van der Waals surface area contributed by atoms with Gasteiger partial charge >= 0.3 is 0 Å². The minimum Gasteiger partial charge on any atom is -0.550 e. The van der Waals surface area contributed by atoms with Crippen molar-refractivity contribution in [3.05, 3.63) is 34.9 Å². The third-order valence-electron chi connectivity index (χ3n) is 3.54. The maximum absolute atomic E-state index is 10.4. The molecule has 1 aliphatic rings. The Morgan fingerprint density at radius 3 is 2.71 bits per heavy atom. The summed E-state index contributed by atoms with van der Waals surface area (Å²) in [4.78, 5) is 10.4. The summed E-state index contributed by atoms with van der Waals surface area (Å²) in [6.07, 6.45) is 5.52. The molecule has 2 rings (SSSR count). The van der Waals surface area contributed by atoms with Crippen LogP contribution >= 0.6 is 0 Å². The molecule has 0 unspecified atom stereocenters. The quantitative estimate of drug-likeness (QED) is 0.816. The lowest BCUT2D eigenvalue weighted by Crippen LogP contribution is -2.53. The third-order valence-corrected chi connectivity index (χ3v) is 3.54. The Labute approximate surface area is 102 Å². The molecule has 17 heavy (non-hydrogen) atoms. The number of carbonyl (C=O) groups is 1. The van der Waals surface area contributed by atoms with Gasteiger partial charge in [0.2, 0.25) is 0 Å². The number of benzene rings is 1. The van der Waals surface area contributed by atoms with E-state index in [0.29, 0.717) is 6.42 Å². The Morgan fingerprint density at radius 1 is 1.29 bits per heavy atom. The molecule has 0 fully saturated rings. The number of carbonyl (C=O) groups excluding carboxylic acids is 1. The number of aliphatic carboxylic acids is 1. The lowest BCUT2D eigenvalue weighted by atomic mass is 9.88. The van der Waals surface area contributed by atoms with Crippen LogP contribution < -0.4 is 10.8 Å². The Hall–Kier alpha value is -1.35. The van der Waals surface area contributed by atoms with Crippen molar-refractivity contribution in [2.24, 2.45) is 0 Å². The van der Waals surface area contributed by atoms with Crippen LogP contribution in [0.5, 0.6) is 0 Å². The van der Waals surface area contributed by atoms with Crippen LogP contribution in [0.1, 0.15) is 48.4 Å². The largest absolute Gasteiger partial charge is 0.550 e. The van der Waals surface area contributed by atoms with Gasteiger partial charge in [-0.15, -0.1) is 0 Å². The molecule has 0 aliphatic heterocycles. The first-order valence-corrected chi connectivity index (χ1v) is 6.31. The molecule has 0 saturated heterocycles. The predicted octanol–water partition coefficient (Wildman–Crippen LogP) is 0.378. The summed E-state index contributed by atoms with van der Waals surface area (Å²) < 4.78 is 0. The molecule has 0 spiro atoms. The zero-order valence-electron chi connectivity index (χ0n) is 10.1. The van der Waals surface area contributed by atoms with E-state index in [1.165, 1.54) is 30.4 Å². The van der Waals surface area contributed by atoms with E-state index in [1.54, 1.807) is 0 Å². The molecule has 3 nitrogen and oxygen atoms in total. The smallest absolute Gasteiger partial charge is 0.110 e. The van der Waals surface area contributed by atoms with E-state index < -0.39 is 5.97 Å². The summed E-state index contributed by atoms with van der Waals surface area (Å²) in [7, 11) is 0. The van der Waals surface area contributed by atoms with E-state index in [2.05, 4.69) is 23.9 Å². The molecule has 1 aromatic carbocycles. The lowest BCUT2D eigenvalue weighted by Gasteiger charge is -2.18. The first-order valence-electron chi connectivity index (χ1n) is 6.31. The normalized spacial score (nSPS) is 16.3. The fraction of sp³-hybridized carbons (Fsp3) is 0.500. The molecule has 0 radical (unpaired) electrons. The summed E-state index contributed by atoms with van der Waals surface area (Å²) >= 11 is 0. The van der Waals surface area contributed by atoms with Gasteiger partial charge in [-0.1, -0.05) is 12.1 Å². The highest BCUT2D eigenvalue weighted by atomic mass is 16.4. The van der Waals surface area contributed by atoms with E-state index in [-0.39, 0.29) is 12.5 Å². The Balaban J connectivity index is 2.08. The van der Waals surface area contributed by atoms with Gasteiger partial charge in [0, 0.05) is 18.0 Å². The minimum atomic E-state index is -0.989. The summed E-state index contributed by atoms with van der Waals surface area (Å²) in [5.74, 6) is -0.989. The highest BCUT2D eigenvalue weighted by Gasteiger charge is 2.14. The molecule has 0 aromatic heterocycles. The van der Waals surface area contributed by atoms with Crippen molar-refractivity contribution >= 4 is 5.97 Å². The van der Waals surface area contributed by atoms with Crippen LogP contribution in [0.3, 0.4) is 0 Å². The molecule has 3 heteroatoms. The zero-order valence-corrected chi connectivity index (χ0v) is 10.1. The van der Waals surface area contributed by atoms with Gasteiger partial charge in [-0.2, -0.15) is 0 Å². The number of hydrogen-bond acceptors (Lipinski definition) is 2. The van der Waals surface area contributed by atoms with Gasteiger partial charge in [0.25, 0.3) is 0 Å². The van der Waals surface area contributed by atoms with Gasteiger partial charge in [-0.3, -0.25) is 0 Å². The summed E-state index contributed by atoms with van der Waals surface area (Å²) in [6.45, 7) is 0. The fourth-order valence-corrected chi connectivity index (χ4v) is 2.47. The second-order valence-corrected chi connectivity index (χ2v) is 4.84. The summed E-state index contributed by atoms with van der Waals surface area (Å²) in [5, 5.41) is 10.4. The predicted molar refractivity (Wildman–Crippen MR) is 63.0 cm³/mol. The van der Waals surface area contributed by atoms with Gasteiger partial charge in [0.15, 0.2) is 0 Å². The van der Waals surface area contributed by atoms with E-state index >= 15 is 0 Å². The molecule has 1 atom stereocenters. The number of carboxylic acid groups (broad SMARTS) is 1. The Morgan fingerprint density at radius 2 is 2.00 bits per heavy atom. The SMILES string of the molecule is [NH3+][C@H](CCC(=O)[O-])c1ccc2c(c1)CCCC2. The molecule has 0 bridgehead atoms. The summed E-state index contributed by atoms with van der Waals surface area (Å²) in [6, 6.07) is 6.54. The van der Waals surface area contributed by atoms with E-state index in [9.17, 15) is 9.90 Å². The molecule has 0 saturated carbocycles. The van der Waals surface area contributed by atoms with Crippen LogP contribution in [0.25, 0.3) is 0 Å². The number of aryl methyl sites for hydroxylation is 2. The molecular formula is C14H19NO2.